The van der Waals surface area contributed by atoms with Gasteiger partial charge in [0, 0.05) is 18.8 Å². The molecule has 1 aliphatic heterocycles. The molecular formula is C15H22N4S. The number of thiocarbonyl (C=S) groups is 1. The second-order valence-electron chi connectivity index (χ2n) is 5.08. The highest BCUT2D eigenvalue weighted by molar-refractivity contribution is 7.80. The van der Waals surface area contributed by atoms with Gasteiger partial charge in [0.25, 0.3) is 0 Å². The molecule has 0 saturated carbocycles. The van der Waals surface area contributed by atoms with Crippen LogP contribution in [0.3, 0.4) is 0 Å². The first kappa shape index (κ1) is 14.9. The molecule has 1 saturated heterocycles. The first-order chi connectivity index (χ1) is 9.72. The molecule has 1 fully saturated rings. The average Bonchev–Trinajstić information content (AvgIpc) is 2.53. The van der Waals surface area contributed by atoms with E-state index in [9.17, 15) is 0 Å². The van der Waals surface area contributed by atoms with Gasteiger partial charge < -0.3 is 4.90 Å². The number of rotatable bonds is 3. The van der Waals surface area contributed by atoms with Crippen molar-refractivity contribution >= 4 is 23.0 Å². The summed E-state index contributed by atoms with van der Waals surface area (Å²) in [4.78, 5) is 6.54. The molecule has 0 aliphatic carbocycles. The summed E-state index contributed by atoms with van der Waals surface area (Å²) in [6.45, 7) is 5.18. The van der Waals surface area contributed by atoms with Crippen LogP contribution in [0.2, 0.25) is 0 Å². The zero-order valence-electron chi connectivity index (χ0n) is 12.2. The van der Waals surface area contributed by atoms with Gasteiger partial charge in [0.05, 0.1) is 11.4 Å². The van der Waals surface area contributed by atoms with E-state index in [1.54, 1.807) is 6.20 Å². The Kier molecular flexibility index (Phi) is 5.47. The maximum Gasteiger partial charge on any atom is 0.189 e. The van der Waals surface area contributed by atoms with Crippen LogP contribution < -0.4 is 5.43 Å². The van der Waals surface area contributed by atoms with Gasteiger partial charge in [-0.1, -0.05) is 13.0 Å². The molecule has 1 N–H and O–H groups in total. The van der Waals surface area contributed by atoms with E-state index < -0.39 is 0 Å². The summed E-state index contributed by atoms with van der Waals surface area (Å²) < 4.78 is 0. The highest BCUT2D eigenvalue weighted by atomic mass is 32.1. The quantitative estimate of drug-likeness (QED) is 0.528. The summed E-state index contributed by atoms with van der Waals surface area (Å²) in [7, 11) is 0. The number of nitrogens with zero attached hydrogens (tertiary/aromatic N) is 3. The lowest BCUT2D eigenvalue weighted by molar-refractivity contribution is 0.233. The van der Waals surface area contributed by atoms with E-state index in [0.717, 1.165) is 29.5 Å². The minimum atomic E-state index is 0.550. The number of pyridine rings is 1. The molecule has 0 radical (unpaired) electrons. The van der Waals surface area contributed by atoms with Crippen LogP contribution in [0, 0.1) is 0 Å². The molecule has 0 bridgehead atoms. The molecule has 4 nitrogen and oxygen atoms in total. The molecule has 1 atom stereocenters. The Hall–Kier alpha value is -1.49. The number of hydrogen-bond donors (Lipinski definition) is 1. The fraction of sp³-hybridized carbons (Fsp3) is 0.533. The van der Waals surface area contributed by atoms with Gasteiger partial charge in [-0.3, -0.25) is 10.4 Å². The van der Waals surface area contributed by atoms with Crippen molar-refractivity contribution in [3.8, 4) is 0 Å². The lowest BCUT2D eigenvalue weighted by Crippen LogP contribution is -2.47. The third-order valence-corrected chi connectivity index (χ3v) is 4.04. The second kappa shape index (κ2) is 7.33. The van der Waals surface area contributed by atoms with Gasteiger partial charge >= 0.3 is 0 Å². The predicted octanol–water partition coefficient (Wildman–Crippen LogP) is 2.94. The topological polar surface area (TPSA) is 40.5 Å². The normalized spacial score (nSPS) is 19.8. The molecule has 0 spiro atoms. The van der Waals surface area contributed by atoms with Gasteiger partial charge in [-0.05, 0) is 57.0 Å². The molecule has 20 heavy (non-hydrogen) atoms. The van der Waals surface area contributed by atoms with Crippen molar-refractivity contribution in [1.29, 1.82) is 0 Å². The molecule has 5 heteroatoms. The standard InChI is InChI=1S/C15H22N4S/c1-3-13-8-5-7-11-19(13)15(20)18-17-12(2)14-9-4-6-10-16-14/h4,6,9-10,13H,3,5,7-8,11H2,1-2H3,(H,18,20)/b17-12+/t13-/m0/s1. The second-order valence-corrected chi connectivity index (χ2v) is 5.47. The fourth-order valence-electron chi connectivity index (χ4n) is 2.52. The van der Waals surface area contributed by atoms with Crippen LogP contribution in [0.25, 0.3) is 0 Å². The van der Waals surface area contributed by atoms with E-state index in [1.807, 2.05) is 25.1 Å². The average molecular weight is 290 g/mol. The molecule has 108 valence electrons. The van der Waals surface area contributed by atoms with Crippen molar-refractivity contribution in [2.75, 3.05) is 6.54 Å². The Morgan fingerprint density at radius 2 is 2.35 bits per heavy atom. The van der Waals surface area contributed by atoms with Crippen LogP contribution in [0.15, 0.2) is 29.5 Å². The molecule has 0 amide bonds. The van der Waals surface area contributed by atoms with Crippen molar-refractivity contribution in [3.63, 3.8) is 0 Å². The fourth-order valence-corrected chi connectivity index (χ4v) is 2.81. The summed E-state index contributed by atoms with van der Waals surface area (Å²) >= 11 is 5.47. The Morgan fingerprint density at radius 3 is 3.05 bits per heavy atom. The van der Waals surface area contributed by atoms with Crippen molar-refractivity contribution in [3.05, 3.63) is 30.1 Å². The van der Waals surface area contributed by atoms with Crippen molar-refractivity contribution in [1.82, 2.24) is 15.3 Å². The first-order valence-electron chi connectivity index (χ1n) is 7.24. The first-order valence-corrected chi connectivity index (χ1v) is 7.65. The Balaban J connectivity index is 1.97. The minimum absolute atomic E-state index is 0.550. The van der Waals surface area contributed by atoms with Gasteiger partial charge in [-0.15, -0.1) is 0 Å². The van der Waals surface area contributed by atoms with Crippen LogP contribution in [0.5, 0.6) is 0 Å². The molecule has 2 heterocycles. The third kappa shape index (κ3) is 3.76. The maximum atomic E-state index is 5.47. The van der Waals surface area contributed by atoms with E-state index in [4.69, 9.17) is 12.2 Å². The van der Waals surface area contributed by atoms with Crippen LogP contribution in [-0.4, -0.2) is 33.3 Å². The number of likely N-dealkylation sites (tertiary alicyclic amines) is 1. The third-order valence-electron chi connectivity index (χ3n) is 3.71. The van der Waals surface area contributed by atoms with E-state index in [1.165, 1.54) is 19.3 Å². The Bertz CT molecular complexity index is 472. The summed E-state index contributed by atoms with van der Waals surface area (Å²) in [6, 6.07) is 6.35. The van der Waals surface area contributed by atoms with E-state index >= 15 is 0 Å². The number of piperidine rings is 1. The van der Waals surface area contributed by atoms with E-state index in [-0.39, 0.29) is 0 Å². The highest BCUT2D eigenvalue weighted by Crippen LogP contribution is 2.19. The van der Waals surface area contributed by atoms with Gasteiger partial charge in [-0.25, -0.2) is 0 Å². The van der Waals surface area contributed by atoms with Gasteiger partial charge in [0.2, 0.25) is 0 Å². The Morgan fingerprint density at radius 1 is 1.50 bits per heavy atom. The molecular weight excluding hydrogens is 268 g/mol. The molecule has 2 rings (SSSR count). The van der Waals surface area contributed by atoms with Crippen molar-refractivity contribution in [2.24, 2.45) is 5.10 Å². The largest absolute Gasteiger partial charge is 0.345 e. The molecule has 1 aliphatic rings. The van der Waals surface area contributed by atoms with E-state index in [2.05, 4.69) is 27.3 Å². The molecule has 0 unspecified atom stereocenters. The van der Waals surface area contributed by atoms with Crippen molar-refractivity contribution in [2.45, 2.75) is 45.6 Å². The van der Waals surface area contributed by atoms with Crippen LogP contribution in [0.4, 0.5) is 0 Å². The zero-order valence-corrected chi connectivity index (χ0v) is 13.0. The van der Waals surface area contributed by atoms with Gasteiger partial charge in [-0.2, -0.15) is 5.10 Å². The summed E-state index contributed by atoms with van der Waals surface area (Å²) in [5, 5.41) is 5.09. The Labute approximate surface area is 126 Å². The van der Waals surface area contributed by atoms with Gasteiger partial charge in [0.15, 0.2) is 5.11 Å². The van der Waals surface area contributed by atoms with Crippen LogP contribution >= 0.6 is 12.2 Å². The highest BCUT2D eigenvalue weighted by Gasteiger charge is 2.22. The zero-order chi connectivity index (χ0) is 14.4. The predicted molar refractivity (Wildman–Crippen MR) is 86.8 cm³/mol. The summed E-state index contributed by atoms with van der Waals surface area (Å²) in [5.74, 6) is 0. The molecule has 0 aromatic carbocycles. The smallest absolute Gasteiger partial charge is 0.189 e. The molecule has 1 aromatic heterocycles. The van der Waals surface area contributed by atoms with Crippen LogP contribution in [-0.2, 0) is 0 Å². The maximum absolute atomic E-state index is 5.47. The summed E-state index contributed by atoms with van der Waals surface area (Å²) in [5.41, 5.74) is 4.73. The van der Waals surface area contributed by atoms with Crippen LogP contribution in [0.1, 0.15) is 45.2 Å². The van der Waals surface area contributed by atoms with Crippen molar-refractivity contribution < 1.29 is 0 Å². The molecule has 1 aromatic rings. The number of hydrogen-bond acceptors (Lipinski definition) is 3. The number of hydrazone groups is 1. The lowest BCUT2D eigenvalue weighted by Gasteiger charge is -2.36. The lowest BCUT2D eigenvalue weighted by atomic mass is 10.0. The number of aromatic nitrogens is 1. The number of nitrogens with one attached hydrogen (secondary N) is 1. The summed E-state index contributed by atoms with van der Waals surface area (Å²) in [6.07, 6.45) is 6.63. The van der Waals surface area contributed by atoms with E-state index in [0.29, 0.717) is 6.04 Å². The SMILES string of the molecule is CC[C@H]1CCCCN1C(=S)N/N=C(\C)c1ccccn1. The van der Waals surface area contributed by atoms with Gasteiger partial charge in [0.1, 0.15) is 0 Å². The monoisotopic (exact) mass is 290 g/mol. The minimum Gasteiger partial charge on any atom is -0.345 e.